The molecule has 1 saturated heterocycles. The van der Waals surface area contributed by atoms with Gasteiger partial charge in [-0.2, -0.15) is 8.75 Å². The van der Waals surface area contributed by atoms with Crippen molar-refractivity contribution in [1.29, 1.82) is 0 Å². The van der Waals surface area contributed by atoms with Crippen LogP contribution in [0.4, 0.5) is 5.69 Å². The quantitative estimate of drug-likeness (QED) is 0.646. The van der Waals surface area contributed by atoms with Crippen LogP contribution in [-0.2, 0) is 11.2 Å². The largest absolute Gasteiger partial charge is 0.497 e. The molecule has 0 saturated carbocycles. The van der Waals surface area contributed by atoms with Gasteiger partial charge in [-0.25, -0.2) is 10.9 Å². The van der Waals surface area contributed by atoms with Crippen LogP contribution in [0.25, 0.3) is 11.0 Å². The average Bonchev–Trinajstić information content (AvgIpc) is 3.35. The van der Waals surface area contributed by atoms with E-state index in [0.29, 0.717) is 5.69 Å². The van der Waals surface area contributed by atoms with Crippen LogP contribution >= 0.6 is 11.7 Å². The third-order valence-corrected chi connectivity index (χ3v) is 6.05. The Bertz CT molecular complexity index is 1020. The molecule has 3 atom stereocenters. The third kappa shape index (κ3) is 2.77. The van der Waals surface area contributed by atoms with Crippen LogP contribution in [0.5, 0.6) is 5.75 Å². The molecule has 7 nitrogen and oxygen atoms in total. The van der Waals surface area contributed by atoms with Crippen molar-refractivity contribution in [3.05, 3.63) is 47.5 Å². The van der Waals surface area contributed by atoms with Gasteiger partial charge in [-0.3, -0.25) is 4.79 Å². The van der Waals surface area contributed by atoms with Gasteiger partial charge in [-0.15, -0.1) is 0 Å². The summed E-state index contributed by atoms with van der Waals surface area (Å²) in [5, 5.41) is 3.03. The van der Waals surface area contributed by atoms with Gasteiger partial charge in [0.05, 0.1) is 30.6 Å². The average molecular weight is 381 g/mol. The van der Waals surface area contributed by atoms with Crippen molar-refractivity contribution >= 4 is 34.4 Å². The molecule has 1 aliphatic carbocycles. The molecule has 5 rings (SSSR count). The molecule has 0 spiro atoms. The van der Waals surface area contributed by atoms with Crippen LogP contribution in [0.3, 0.4) is 0 Å². The molecule has 0 radical (unpaired) electrons. The van der Waals surface area contributed by atoms with Gasteiger partial charge in [-0.1, -0.05) is 12.1 Å². The van der Waals surface area contributed by atoms with Gasteiger partial charge in [0.2, 0.25) is 5.91 Å². The lowest BCUT2D eigenvalue weighted by Crippen LogP contribution is -2.42. The second-order valence-electron chi connectivity index (χ2n) is 6.94. The minimum atomic E-state index is -0.299. The summed E-state index contributed by atoms with van der Waals surface area (Å²) in [6, 6.07) is 11.6. The highest BCUT2D eigenvalue weighted by Gasteiger charge is 2.43. The van der Waals surface area contributed by atoms with Gasteiger partial charge < -0.3 is 10.1 Å². The fourth-order valence-corrected chi connectivity index (χ4v) is 4.71. The molecule has 1 aliphatic heterocycles. The van der Waals surface area contributed by atoms with E-state index in [9.17, 15) is 4.79 Å². The first-order valence-corrected chi connectivity index (χ1v) is 9.67. The zero-order valence-electron chi connectivity index (χ0n) is 14.7. The SMILES string of the molecule is COc1ccc2c(c1)CCC1C(C(=O)Nc3cccc4nsnc34)NNC21. The normalized spacial score (nSPS) is 23.7. The first kappa shape index (κ1) is 16.6. The maximum absolute atomic E-state index is 13.0. The lowest BCUT2D eigenvalue weighted by molar-refractivity contribution is -0.118. The Kier molecular flexibility index (Phi) is 4.04. The van der Waals surface area contributed by atoms with E-state index in [1.165, 1.54) is 11.1 Å². The number of hydrogen-bond acceptors (Lipinski definition) is 7. The minimum Gasteiger partial charge on any atom is -0.497 e. The highest BCUT2D eigenvalue weighted by atomic mass is 32.1. The van der Waals surface area contributed by atoms with E-state index >= 15 is 0 Å². The number of hydrogen-bond donors (Lipinski definition) is 3. The predicted molar refractivity (Wildman–Crippen MR) is 104 cm³/mol. The standard InChI is InChI=1S/C19H19N5O2S/c1-26-11-6-8-12-10(9-11)5-7-13-16(12)21-22-17(13)19(25)20-14-3-2-4-15-18(14)24-27-23-15/h2-4,6,8-9,13,16-17,21-22H,5,7H2,1H3,(H,20,25). The number of benzene rings is 2. The highest BCUT2D eigenvalue weighted by molar-refractivity contribution is 7.00. The van der Waals surface area contributed by atoms with Crippen molar-refractivity contribution in [2.45, 2.75) is 24.9 Å². The lowest BCUT2D eigenvalue weighted by atomic mass is 9.77. The van der Waals surface area contributed by atoms with Gasteiger partial charge in [0.25, 0.3) is 0 Å². The lowest BCUT2D eigenvalue weighted by Gasteiger charge is -2.29. The highest BCUT2D eigenvalue weighted by Crippen LogP contribution is 2.40. The van der Waals surface area contributed by atoms with E-state index in [-0.39, 0.29) is 23.9 Å². The van der Waals surface area contributed by atoms with Crippen molar-refractivity contribution in [1.82, 2.24) is 19.6 Å². The molecule has 2 aliphatic rings. The third-order valence-electron chi connectivity index (χ3n) is 5.51. The van der Waals surface area contributed by atoms with Crippen molar-refractivity contribution in [3.63, 3.8) is 0 Å². The molecule has 2 aromatic carbocycles. The number of hydrazine groups is 1. The van der Waals surface area contributed by atoms with Crippen LogP contribution in [0, 0.1) is 5.92 Å². The molecule has 2 heterocycles. The Morgan fingerprint density at radius 3 is 3.07 bits per heavy atom. The van der Waals surface area contributed by atoms with E-state index in [1.807, 2.05) is 24.3 Å². The molecule has 3 unspecified atom stereocenters. The Labute approximate surface area is 160 Å². The fraction of sp³-hybridized carbons (Fsp3) is 0.316. The molecule has 1 amide bonds. The summed E-state index contributed by atoms with van der Waals surface area (Å²) in [5.74, 6) is 1.02. The first-order chi connectivity index (χ1) is 13.2. The first-order valence-electron chi connectivity index (χ1n) is 8.94. The Balaban J connectivity index is 1.38. The number of nitrogens with zero attached hydrogens (tertiary/aromatic N) is 2. The maximum Gasteiger partial charge on any atom is 0.243 e. The van der Waals surface area contributed by atoms with Gasteiger partial charge in [-0.05, 0) is 48.2 Å². The predicted octanol–water partition coefficient (Wildman–Crippen LogP) is 2.42. The van der Waals surface area contributed by atoms with E-state index < -0.39 is 0 Å². The number of rotatable bonds is 3. The van der Waals surface area contributed by atoms with Crippen LogP contribution in [0.2, 0.25) is 0 Å². The van der Waals surface area contributed by atoms with Crippen LogP contribution in [-0.4, -0.2) is 27.8 Å². The molecule has 3 N–H and O–H groups in total. The summed E-state index contributed by atoms with van der Waals surface area (Å²) in [7, 11) is 1.68. The number of anilines is 1. The number of carbonyl (C=O) groups is 1. The summed E-state index contributed by atoms with van der Waals surface area (Å²) in [6.07, 6.45) is 1.87. The molecule has 3 aromatic rings. The summed E-state index contributed by atoms with van der Waals surface area (Å²) < 4.78 is 13.9. The molecule has 1 aromatic heterocycles. The Morgan fingerprint density at radius 1 is 1.26 bits per heavy atom. The van der Waals surface area contributed by atoms with Gasteiger partial charge in [0.15, 0.2) is 0 Å². The number of amides is 1. The van der Waals surface area contributed by atoms with E-state index in [4.69, 9.17) is 4.74 Å². The van der Waals surface area contributed by atoms with E-state index in [1.54, 1.807) is 7.11 Å². The van der Waals surface area contributed by atoms with E-state index in [2.05, 4.69) is 37.0 Å². The number of methoxy groups -OCH3 is 1. The maximum atomic E-state index is 13.0. The smallest absolute Gasteiger partial charge is 0.243 e. The van der Waals surface area contributed by atoms with Gasteiger partial charge >= 0.3 is 0 Å². The summed E-state index contributed by atoms with van der Waals surface area (Å²) in [6.45, 7) is 0. The summed E-state index contributed by atoms with van der Waals surface area (Å²) in [5.41, 5.74) is 11.3. The monoisotopic (exact) mass is 381 g/mol. The van der Waals surface area contributed by atoms with Crippen molar-refractivity contribution in [3.8, 4) is 5.75 Å². The number of aromatic nitrogens is 2. The minimum absolute atomic E-state index is 0.0486. The summed E-state index contributed by atoms with van der Waals surface area (Å²) >= 11 is 1.15. The number of ether oxygens (including phenoxy) is 1. The number of aryl methyl sites for hydroxylation is 1. The number of fused-ring (bicyclic) bond motifs is 4. The van der Waals surface area contributed by atoms with Crippen molar-refractivity contribution in [2.75, 3.05) is 12.4 Å². The Morgan fingerprint density at radius 2 is 2.19 bits per heavy atom. The zero-order chi connectivity index (χ0) is 18.4. The van der Waals surface area contributed by atoms with Crippen molar-refractivity contribution < 1.29 is 9.53 Å². The topological polar surface area (TPSA) is 88.2 Å². The fourth-order valence-electron chi connectivity index (χ4n) is 4.16. The summed E-state index contributed by atoms with van der Waals surface area (Å²) in [4.78, 5) is 13.0. The molecular formula is C19H19N5O2S. The molecular weight excluding hydrogens is 362 g/mol. The van der Waals surface area contributed by atoms with Crippen LogP contribution in [0.15, 0.2) is 36.4 Å². The second-order valence-corrected chi connectivity index (χ2v) is 7.47. The number of nitrogens with one attached hydrogen (secondary N) is 3. The molecule has 8 heteroatoms. The van der Waals surface area contributed by atoms with E-state index in [0.717, 1.165) is 41.4 Å². The van der Waals surface area contributed by atoms with Crippen LogP contribution < -0.4 is 20.9 Å². The molecule has 27 heavy (non-hydrogen) atoms. The van der Waals surface area contributed by atoms with Crippen molar-refractivity contribution in [2.24, 2.45) is 5.92 Å². The van der Waals surface area contributed by atoms with Gasteiger partial charge in [0, 0.05) is 5.92 Å². The second kappa shape index (κ2) is 6.56. The Hall–Kier alpha value is -2.55. The van der Waals surface area contributed by atoms with Gasteiger partial charge in [0.1, 0.15) is 22.8 Å². The zero-order valence-corrected chi connectivity index (χ0v) is 15.5. The molecule has 138 valence electrons. The molecule has 0 bridgehead atoms. The van der Waals surface area contributed by atoms with Crippen LogP contribution in [0.1, 0.15) is 23.6 Å². The number of carbonyl (C=O) groups excluding carboxylic acids is 1. The molecule has 1 fully saturated rings.